The molecule has 3 rings (SSSR count). The minimum atomic E-state index is -4.16. The first-order valence-corrected chi connectivity index (χ1v) is 12.0. The number of benzene rings is 2. The van der Waals surface area contributed by atoms with E-state index in [9.17, 15) is 13.2 Å². The van der Waals surface area contributed by atoms with Crippen molar-refractivity contribution in [3.8, 4) is 6.07 Å². The third-order valence-electron chi connectivity index (χ3n) is 4.63. The largest absolute Gasteiger partial charge is 0.459 e. The monoisotopic (exact) mass is 475 g/mol. The molecule has 0 fully saturated rings. The van der Waals surface area contributed by atoms with E-state index < -0.39 is 28.1 Å². The first-order chi connectivity index (χ1) is 16.1. The molecule has 0 bridgehead atoms. The molecule has 0 aliphatic heterocycles. The first-order valence-electron chi connectivity index (χ1n) is 10.5. The lowest BCUT2D eigenvalue weighted by Gasteiger charge is -2.27. The molecule has 0 atom stereocenters. The van der Waals surface area contributed by atoms with E-state index in [0.29, 0.717) is 16.8 Å². The lowest BCUT2D eigenvalue weighted by Crippen LogP contribution is -2.39. The van der Waals surface area contributed by atoms with Crippen LogP contribution in [-0.4, -0.2) is 31.5 Å². The van der Waals surface area contributed by atoms with Crippen molar-refractivity contribution in [1.29, 1.82) is 5.26 Å². The van der Waals surface area contributed by atoms with Crippen LogP contribution in [0.1, 0.15) is 37.5 Å². The second kappa shape index (κ2) is 10.3. The summed E-state index contributed by atoms with van der Waals surface area (Å²) in [5, 5.41) is 9.05. The van der Waals surface area contributed by atoms with Gasteiger partial charge in [-0.1, -0.05) is 30.4 Å². The molecule has 2 aromatic carbocycles. The number of aromatic nitrogens is 1. The number of carbonyl (C=O) groups excluding carboxylic acids is 1. The summed E-state index contributed by atoms with van der Waals surface area (Å²) >= 11 is 0. The molecule has 8 heteroatoms. The second-order valence-corrected chi connectivity index (χ2v) is 10.3. The van der Waals surface area contributed by atoms with Crippen LogP contribution in [0.4, 0.5) is 5.69 Å². The van der Waals surface area contributed by atoms with Gasteiger partial charge in [-0.15, -0.1) is 0 Å². The number of carbonyl (C=O) groups is 1. The Morgan fingerprint density at radius 3 is 2.29 bits per heavy atom. The minimum Gasteiger partial charge on any atom is -0.459 e. The van der Waals surface area contributed by atoms with Gasteiger partial charge in [-0.25, -0.2) is 8.42 Å². The van der Waals surface area contributed by atoms with Crippen molar-refractivity contribution in [3.05, 3.63) is 89.7 Å². The van der Waals surface area contributed by atoms with E-state index in [-0.39, 0.29) is 4.90 Å². The smallest absolute Gasteiger partial charge is 0.327 e. The zero-order chi connectivity index (χ0) is 24.8. The van der Waals surface area contributed by atoms with E-state index in [0.717, 1.165) is 9.87 Å². The summed E-state index contributed by atoms with van der Waals surface area (Å²) in [6.07, 6.45) is 6.94. The molecular formula is C26H25N3O4S. The number of hydrogen-bond donors (Lipinski definition) is 0. The number of rotatable bonds is 7. The van der Waals surface area contributed by atoms with Crippen molar-refractivity contribution < 1.29 is 17.9 Å². The standard InChI is InChI=1S/C26H25N3O4S/c1-26(2,3)33-25(30)19-29(34(31,32)23-12-9-21(18-27)10-13-23)24-7-5-4-6-22(24)11-8-20-14-16-28-17-15-20/h4-17H,19H2,1-3H3/b11-8+. The van der Waals surface area contributed by atoms with Gasteiger partial charge in [0.2, 0.25) is 0 Å². The molecule has 0 N–H and O–H groups in total. The lowest BCUT2D eigenvalue weighted by atomic mass is 10.1. The Kier molecular flexibility index (Phi) is 7.49. The maximum absolute atomic E-state index is 13.7. The van der Waals surface area contributed by atoms with Crippen LogP contribution in [0.3, 0.4) is 0 Å². The Morgan fingerprint density at radius 2 is 1.68 bits per heavy atom. The maximum Gasteiger partial charge on any atom is 0.327 e. The van der Waals surface area contributed by atoms with Crippen molar-refractivity contribution in [1.82, 2.24) is 4.98 Å². The van der Waals surface area contributed by atoms with Crippen LogP contribution in [0.5, 0.6) is 0 Å². The van der Waals surface area contributed by atoms with Crippen LogP contribution in [-0.2, 0) is 19.6 Å². The van der Waals surface area contributed by atoms with Gasteiger partial charge in [0.05, 0.1) is 22.2 Å². The summed E-state index contributed by atoms with van der Waals surface area (Å²) in [6.45, 7) is 4.64. The zero-order valence-electron chi connectivity index (χ0n) is 19.2. The Morgan fingerprint density at radius 1 is 1.03 bits per heavy atom. The Labute approximate surface area is 200 Å². The SMILES string of the molecule is CC(C)(C)OC(=O)CN(c1ccccc1/C=C/c1ccncc1)S(=O)(=O)c1ccc(C#N)cc1. The summed E-state index contributed by atoms with van der Waals surface area (Å²) in [4.78, 5) is 16.7. The topological polar surface area (TPSA) is 100 Å². The molecule has 1 aromatic heterocycles. The summed E-state index contributed by atoms with van der Waals surface area (Å²) in [7, 11) is -4.16. The van der Waals surface area contributed by atoms with Crippen molar-refractivity contribution in [2.24, 2.45) is 0 Å². The second-order valence-electron chi connectivity index (χ2n) is 8.41. The normalized spacial score (nSPS) is 11.7. The maximum atomic E-state index is 13.7. The summed E-state index contributed by atoms with van der Waals surface area (Å²) in [5.41, 5.74) is 1.36. The average Bonchev–Trinajstić information content (AvgIpc) is 2.81. The number of nitriles is 1. The van der Waals surface area contributed by atoms with Gasteiger partial charge in [-0.3, -0.25) is 14.1 Å². The number of hydrogen-bond acceptors (Lipinski definition) is 6. The molecule has 34 heavy (non-hydrogen) atoms. The molecule has 0 amide bonds. The summed E-state index contributed by atoms with van der Waals surface area (Å²) in [6, 6.07) is 18.1. The number of sulfonamides is 1. The predicted octanol–water partition coefficient (Wildman–Crippen LogP) is 4.66. The van der Waals surface area contributed by atoms with Crippen molar-refractivity contribution in [2.75, 3.05) is 10.8 Å². The lowest BCUT2D eigenvalue weighted by molar-refractivity contribution is -0.152. The highest BCUT2D eigenvalue weighted by atomic mass is 32.2. The first kappa shape index (κ1) is 24.7. The van der Waals surface area contributed by atoms with Gasteiger partial charge < -0.3 is 4.74 Å². The third kappa shape index (κ3) is 6.30. The zero-order valence-corrected chi connectivity index (χ0v) is 20.0. The number of pyridine rings is 1. The Balaban J connectivity index is 2.08. The van der Waals surface area contributed by atoms with Crippen LogP contribution in [0, 0.1) is 11.3 Å². The van der Waals surface area contributed by atoms with Gasteiger partial charge >= 0.3 is 5.97 Å². The van der Waals surface area contributed by atoms with E-state index in [1.807, 2.05) is 24.3 Å². The minimum absolute atomic E-state index is 0.0389. The Bertz CT molecular complexity index is 1320. The quantitative estimate of drug-likeness (QED) is 0.461. The van der Waals surface area contributed by atoms with Gasteiger partial charge in [0.1, 0.15) is 12.1 Å². The molecule has 0 unspecified atom stereocenters. The molecule has 0 aliphatic carbocycles. The summed E-state index contributed by atoms with van der Waals surface area (Å²) < 4.78 is 33.8. The highest BCUT2D eigenvalue weighted by molar-refractivity contribution is 7.92. The van der Waals surface area contributed by atoms with Gasteiger partial charge in [0.25, 0.3) is 10.0 Å². The van der Waals surface area contributed by atoms with Crippen LogP contribution in [0.25, 0.3) is 12.2 Å². The van der Waals surface area contributed by atoms with E-state index in [1.165, 1.54) is 24.3 Å². The number of nitrogens with zero attached hydrogens (tertiary/aromatic N) is 3. The fraction of sp³-hybridized carbons (Fsp3) is 0.192. The van der Waals surface area contributed by atoms with Gasteiger partial charge in [0.15, 0.2) is 0 Å². The van der Waals surface area contributed by atoms with Crippen LogP contribution < -0.4 is 4.31 Å². The third-order valence-corrected chi connectivity index (χ3v) is 6.40. The molecule has 7 nitrogen and oxygen atoms in total. The number of ether oxygens (including phenoxy) is 1. The highest BCUT2D eigenvalue weighted by Gasteiger charge is 2.30. The molecule has 0 spiro atoms. The fourth-order valence-corrected chi connectivity index (χ4v) is 4.57. The molecule has 3 aromatic rings. The van der Waals surface area contributed by atoms with Gasteiger partial charge in [-0.2, -0.15) is 5.26 Å². The average molecular weight is 476 g/mol. The summed E-state index contributed by atoms with van der Waals surface area (Å²) in [5.74, 6) is -0.683. The van der Waals surface area contributed by atoms with Crippen molar-refractivity contribution in [2.45, 2.75) is 31.3 Å². The molecule has 0 aliphatic rings. The van der Waals surface area contributed by atoms with Crippen LogP contribution >= 0.6 is 0 Å². The highest BCUT2D eigenvalue weighted by Crippen LogP contribution is 2.29. The fourth-order valence-electron chi connectivity index (χ4n) is 3.14. The van der Waals surface area contributed by atoms with Crippen molar-refractivity contribution in [3.63, 3.8) is 0 Å². The predicted molar refractivity (Wildman–Crippen MR) is 131 cm³/mol. The number of esters is 1. The van der Waals surface area contributed by atoms with E-state index in [1.54, 1.807) is 63.5 Å². The number of anilines is 1. The van der Waals surface area contributed by atoms with E-state index in [2.05, 4.69) is 4.98 Å². The molecule has 0 saturated heterocycles. The molecule has 1 heterocycles. The van der Waals surface area contributed by atoms with Crippen LogP contribution in [0.15, 0.2) is 78.0 Å². The molecule has 0 saturated carbocycles. The van der Waals surface area contributed by atoms with Crippen LogP contribution in [0.2, 0.25) is 0 Å². The molecule has 174 valence electrons. The molecular weight excluding hydrogens is 450 g/mol. The van der Waals surface area contributed by atoms with Gasteiger partial charge in [-0.05, 0) is 74.4 Å². The van der Waals surface area contributed by atoms with Crippen molar-refractivity contribution >= 4 is 33.8 Å². The number of para-hydroxylation sites is 1. The Hall–Kier alpha value is -3.96. The van der Waals surface area contributed by atoms with E-state index >= 15 is 0 Å². The molecule has 0 radical (unpaired) electrons. The van der Waals surface area contributed by atoms with E-state index in [4.69, 9.17) is 10.00 Å². The van der Waals surface area contributed by atoms with Gasteiger partial charge in [0, 0.05) is 12.4 Å².